The summed E-state index contributed by atoms with van der Waals surface area (Å²) < 4.78 is 27.1. The number of anilines is 1. The predicted octanol–water partition coefficient (Wildman–Crippen LogP) is 1.04. The number of hydrogen-bond acceptors (Lipinski definition) is 5. The minimum Gasteiger partial charge on any atom is -0.325 e. The van der Waals surface area contributed by atoms with Gasteiger partial charge < -0.3 is 5.73 Å². The first-order chi connectivity index (χ1) is 9.04. The monoisotopic (exact) mass is 278 g/mol. The van der Waals surface area contributed by atoms with Crippen LogP contribution in [0.2, 0.25) is 0 Å². The molecule has 6 nitrogen and oxygen atoms in total. The normalized spacial score (nSPS) is 11.3. The van der Waals surface area contributed by atoms with E-state index in [1.807, 2.05) is 0 Å². The number of nitrogens with one attached hydrogen (secondary N) is 1. The molecule has 2 rings (SSSR count). The number of rotatable bonds is 4. The van der Waals surface area contributed by atoms with Crippen LogP contribution in [0.25, 0.3) is 0 Å². The van der Waals surface area contributed by atoms with Crippen molar-refractivity contribution in [2.45, 2.75) is 18.4 Å². The lowest BCUT2D eigenvalue weighted by Gasteiger charge is -2.11. The quantitative estimate of drug-likeness (QED) is 0.871. The molecule has 2 aromatic rings. The van der Waals surface area contributed by atoms with E-state index in [4.69, 9.17) is 5.73 Å². The number of nitrogens with two attached hydrogens (primary N) is 1. The van der Waals surface area contributed by atoms with Gasteiger partial charge in [-0.25, -0.2) is 8.42 Å². The smallest absolute Gasteiger partial charge is 0.263 e. The maximum Gasteiger partial charge on any atom is 0.263 e. The average molecular weight is 278 g/mol. The van der Waals surface area contributed by atoms with Crippen molar-refractivity contribution in [1.29, 1.82) is 0 Å². The van der Waals surface area contributed by atoms with Crippen LogP contribution in [-0.4, -0.2) is 18.4 Å². The van der Waals surface area contributed by atoms with Crippen LogP contribution in [0.4, 0.5) is 5.69 Å². The van der Waals surface area contributed by atoms with Crippen molar-refractivity contribution in [2.75, 3.05) is 4.72 Å². The Morgan fingerprint density at radius 2 is 2.11 bits per heavy atom. The lowest BCUT2D eigenvalue weighted by atomic mass is 10.3. The highest BCUT2D eigenvalue weighted by molar-refractivity contribution is 7.92. The highest BCUT2D eigenvalue weighted by Crippen LogP contribution is 2.19. The van der Waals surface area contributed by atoms with E-state index in [-0.39, 0.29) is 11.4 Å². The number of hydrogen-bond donors (Lipinski definition) is 2. The van der Waals surface area contributed by atoms with Gasteiger partial charge in [0.1, 0.15) is 4.90 Å². The number of sulfonamides is 1. The van der Waals surface area contributed by atoms with Gasteiger partial charge in [-0.15, -0.1) is 0 Å². The zero-order valence-corrected chi connectivity index (χ0v) is 11.2. The summed E-state index contributed by atoms with van der Waals surface area (Å²) in [5, 5.41) is 0. The third kappa shape index (κ3) is 2.88. The second-order valence-corrected chi connectivity index (χ2v) is 5.60. The Morgan fingerprint density at radius 3 is 2.79 bits per heavy atom. The van der Waals surface area contributed by atoms with E-state index in [0.717, 1.165) is 5.56 Å². The Hall–Kier alpha value is -1.99. The Morgan fingerprint density at radius 1 is 1.32 bits per heavy atom. The predicted molar refractivity (Wildman–Crippen MR) is 71.9 cm³/mol. The van der Waals surface area contributed by atoms with E-state index in [0.29, 0.717) is 11.4 Å². The van der Waals surface area contributed by atoms with E-state index >= 15 is 0 Å². The molecule has 0 atom stereocenters. The third-order valence-corrected chi connectivity index (χ3v) is 4.05. The molecule has 3 N–H and O–H groups in total. The lowest BCUT2D eigenvalue weighted by Crippen LogP contribution is -2.17. The second kappa shape index (κ2) is 5.33. The van der Waals surface area contributed by atoms with Gasteiger partial charge in [0, 0.05) is 18.9 Å². The Kier molecular flexibility index (Phi) is 3.77. The van der Waals surface area contributed by atoms with Gasteiger partial charge in [0.2, 0.25) is 0 Å². The topological polar surface area (TPSA) is 98.0 Å². The molecule has 100 valence electrons. The van der Waals surface area contributed by atoms with Crippen LogP contribution >= 0.6 is 0 Å². The lowest BCUT2D eigenvalue weighted by molar-refractivity contribution is 0.599. The van der Waals surface area contributed by atoms with Crippen molar-refractivity contribution in [3.05, 3.63) is 48.0 Å². The average Bonchev–Trinajstić information content (AvgIpc) is 2.41. The molecule has 0 aromatic carbocycles. The molecule has 0 fully saturated rings. The van der Waals surface area contributed by atoms with Crippen molar-refractivity contribution in [3.8, 4) is 0 Å². The van der Waals surface area contributed by atoms with Crippen LogP contribution in [0.3, 0.4) is 0 Å². The van der Waals surface area contributed by atoms with E-state index in [1.54, 1.807) is 25.3 Å². The first-order valence-electron chi connectivity index (χ1n) is 5.62. The summed E-state index contributed by atoms with van der Waals surface area (Å²) in [6, 6.07) is 4.76. The second-order valence-electron chi connectivity index (χ2n) is 3.95. The number of pyridine rings is 2. The Labute approximate surface area is 111 Å². The maximum atomic E-state index is 12.3. The minimum absolute atomic E-state index is 0.0586. The number of aryl methyl sites for hydroxylation is 1. The summed E-state index contributed by atoms with van der Waals surface area (Å²) in [6.45, 7) is 1.86. The number of nitrogens with zero attached hydrogens (tertiary/aromatic N) is 2. The van der Waals surface area contributed by atoms with Gasteiger partial charge in [-0.2, -0.15) is 0 Å². The molecular formula is C12H14N4O2S. The molecule has 0 aliphatic rings. The summed E-state index contributed by atoms with van der Waals surface area (Å²) in [6.07, 6.45) is 4.57. The first kappa shape index (κ1) is 13.4. The van der Waals surface area contributed by atoms with Crippen LogP contribution in [0.1, 0.15) is 11.3 Å². The molecular weight excluding hydrogens is 264 g/mol. The molecule has 0 saturated carbocycles. The van der Waals surface area contributed by atoms with E-state index in [2.05, 4.69) is 14.7 Å². The maximum absolute atomic E-state index is 12.3. The van der Waals surface area contributed by atoms with Crippen molar-refractivity contribution >= 4 is 15.7 Å². The standard InChI is InChI=1S/C12H14N4O2S/c1-9-4-6-14-8-11(9)16-19(17,18)12-3-2-5-15-10(12)7-13/h2-6,8,16H,7,13H2,1H3. The molecule has 0 saturated heterocycles. The summed E-state index contributed by atoms with van der Waals surface area (Å²) in [4.78, 5) is 7.95. The third-order valence-electron chi connectivity index (χ3n) is 2.61. The highest BCUT2D eigenvalue weighted by atomic mass is 32.2. The molecule has 0 amide bonds. The van der Waals surface area contributed by atoms with Crippen LogP contribution in [0.15, 0.2) is 41.7 Å². The van der Waals surface area contributed by atoms with Crippen molar-refractivity contribution in [3.63, 3.8) is 0 Å². The Bertz CT molecular complexity index is 686. The van der Waals surface area contributed by atoms with Crippen LogP contribution in [0.5, 0.6) is 0 Å². The van der Waals surface area contributed by atoms with Crippen LogP contribution in [-0.2, 0) is 16.6 Å². The first-order valence-corrected chi connectivity index (χ1v) is 7.10. The zero-order valence-electron chi connectivity index (χ0n) is 10.4. The van der Waals surface area contributed by atoms with E-state index in [9.17, 15) is 8.42 Å². The van der Waals surface area contributed by atoms with Gasteiger partial charge in [0.25, 0.3) is 10.0 Å². The van der Waals surface area contributed by atoms with Gasteiger partial charge in [0.05, 0.1) is 17.6 Å². The molecule has 2 heterocycles. The van der Waals surface area contributed by atoms with Crippen LogP contribution in [0, 0.1) is 6.92 Å². The van der Waals surface area contributed by atoms with Crippen molar-refractivity contribution < 1.29 is 8.42 Å². The Balaban J connectivity index is 2.41. The molecule has 0 unspecified atom stereocenters. The molecule has 7 heteroatoms. The van der Waals surface area contributed by atoms with E-state index < -0.39 is 10.0 Å². The van der Waals surface area contributed by atoms with Gasteiger partial charge in [-0.3, -0.25) is 14.7 Å². The van der Waals surface area contributed by atoms with E-state index in [1.165, 1.54) is 18.5 Å². The van der Waals surface area contributed by atoms with Gasteiger partial charge in [-0.1, -0.05) is 0 Å². The molecule has 0 spiro atoms. The van der Waals surface area contributed by atoms with Gasteiger partial charge in [-0.05, 0) is 30.7 Å². The molecule has 0 aliphatic heterocycles. The molecule has 0 radical (unpaired) electrons. The molecule has 0 bridgehead atoms. The largest absolute Gasteiger partial charge is 0.325 e. The summed E-state index contributed by atoms with van der Waals surface area (Å²) in [5.74, 6) is 0. The summed E-state index contributed by atoms with van der Waals surface area (Å²) >= 11 is 0. The summed E-state index contributed by atoms with van der Waals surface area (Å²) in [7, 11) is -3.71. The molecule has 0 aliphatic carbocycles. The summed E-state index contributed by atoms with van der Waals surface area (Å²) in [5.41, 5.74) is 7.06. The molecule has 19 heavy (non-hydrogen) atoms. The van der Waals surface area contributed by atoms with Crippen molar-refractivity contribution in [1.82, 2.24) is 9.97 Å². The molecule has 2 aromatic heterocycles. The van der Waals surface area contributed by atoms with Crippen molar-refractivity contribution in [2.24, 2.45) is 5.73 Å². The number of aromatic nitrogens is 2. The van der Waals surface area contributed by atoms with Gasteiger partial charge in [0.15, 0.2) is 0 Å². The fraction of sp³-hybridized carbons (Fsp3) is 0.167. The SMILES string of the molecule is Cc1ccncc1NS(=O)(=O)c1cccnc1CN. The highest BCUT2D eigenvalue weighted by Gasteiger charge is 2.19. The fourth-order valence-electron chi connectivity index (χ4n) is 1.59. The fourth-order valence-corrected chi connectivity index (χ4v) is 2.91. The van der Waals surface area contributed by atoms with Crippen LogP contribution < -0.4 is 10.5 Å². The zero-order chi connectivity index (χ0) is 13.9. The minimum atomic E-state index is -3.71. The van der Waals surface area contributed by atoms with Gasteiger partial charge >= 0.3 is 0 Å².